The van der Waals surface area contributed by atoms with Gasteiger partial charge in [0.05, 0.1) is 4.90 Å². The summed E-state index contributed by atoms with van der Waals surface area (Å²) in [6.07, 6.45) is 1.79. The molecule has 0 saturated carbocycles. The highest BCUT2D eigenvalue weighted by Crippen LogP contribution is 2.34. The van der Waals surface area contributed by atoms with Crippen molar-refractivity contribution in [1.82, 2.24) is 4.31 Å². The van der Waals surface area contributed by atoms with Crippen molar-refractivity contribution < 1.29 is 8.42 Å². The van der Waals surface area contributed by atoms with E-state index >= 15 is 0 Å². The van der Waals surface area contributed by atoms with Crippen LogP contribution in [0.25, 0.3) is 0 Å². The maximum atomic E-state index is 12.7. The molecule has 0 unspecified atom stereocenters. The van der Waals surface area contributed by atoms with Crippen molar-refractivity contribution in [2.45, 2.75) is 38.1 Å². The van der Waals surface area contributed by atoms with Crippen LogP contribution in [-0.4, -0.2) is 25.8 Å². The fraction of sp³-hybridized carbons (Fsp3) is 0.571. The summed E-state index contributed by atoms with van der Waals surface area (Å²) in [5.41, 5.74) is 6.71. The summed E-state index contributed by atoms with van der Waals surface area (Å²) in [4.78, 5) is 0.328. The number of nitrogens with zero attached hydrogens (tertiary/aromatic N) is 1. The van der Waals surface area contributed by atoms with Gasteiger partial charge in [0.25, 0.3) is 0 Å². The lowest BCUT2D eigenvalue weighted by atomic mass is 9.83. The first-order valence-corrected chi connectivity index (χ1v) is 8.98. The van der Waals surface area contributed by atoms with Gasteiger partial charge in [0.1, 0.15) is 0 Å². The van der Waals surface area contributed by atoms with Gasteiger partial charge in [-0.25, -0.2) is 8.42 Å². The van der Waals surface area contributed by atoms with Crippen LogP contribution in [0.3, 0.4) is 0 Å². The molecule has 0 radical (unpaired) electrons. The minimum absolute atomic E-state index is 0.229. The van der Waals surface area contributed by atoms with Gasteiger partial charge in [-0.05, 0) is 51.9 Å². The molecular weight excluding hydrogens is 340 g/mol. The summed E-state index contributed by atoms with van der Waals surface area (Å²) >= 11 is 3.35. The molecule has 2 rings (SSSR count). The summed E-state index contributed by atoms with van der Waals surface area (Å²) in [5.74, 6) is 0. The molecule has 0 bridgehead atoms. The van der Waals surface area contributed by atoms with Gasteiger partial charge in [-0.3, -0.25) is 0 Å². The zero-order chi connectivity index (χ0) is 15.0. The quantitative estimate of drug-likeness (QED) is 0.900. The number of halogens is 1. The van der Waals surface area contributed by atoms with Crippen LogP contribution >= 0.6 is 15.9 Å². The van der Waals surface area contributed by atoms with Crippen molar-refractivity contribution >= 4 is 26.0 Å². The Bertz CT molecular complexity index is 589. The molecule has 112 valence electrons. The molecule has 0 aromatic heterocycles. The van der Waals surface area contributed by atoms with E-state index in [1.807, 2.05) is 0 Å². The van der Waals surface area contributed by atoms with Gasteiger partial charge in [0.2, 0.25) is 10.0 Å². The third kappa shape index (κ3) is 3.24. The van der Waals surface area contributed by atoms with Gasteiger partial charge in [-0.1, -0.05) is 19.9 Å². The summed E-state index contributed by atoms with van der Waals surface area (Å²) in [5, 5.41) is 0. The molecule has 2 N–H and O–H groups in total. The van der Waals surface area contributed by atoms with E-state index in [-0.39, 0.29) is 5.41 Å². The van der Waals surface area contributed by atoms with E-state index in [2.05, 4.69) is 29.8 Å². The molecule has 1 aromatic rings. The summed E-state index contributed by atoms with van der Waals surface area (Å²) in [6, 6.07) is 5.19. The van der Waals surface area contributed by atoms with Crippen LogP contribution in [0.4, 0.5) is 0 Å². The molecular formula is C14H21BrN2O2S. The molecule has 0 aliphatic carbocycles. The Morgan fingerprint density at radius 1 is 1.30 bits per heavy atom. The lowest BCUT2D eigenvalue weighted by Crippen LogP contribution is -2.41. The molecule has 1 aromatic carbocycles. The second-order valence-corrected chi connectivity index (χ2v) is 8.80. The molecule has 1 saturated heterocycles. The van der Waals surface area contributed by atoms with Gasteiger partial charge >= 0.3 is 0 Å². The van der Waals surface area contributed by atoms with Gasteiger partial charge in [-0.2, -0.15) is 4.31 Å². The number of piperidine rings is 1. The first-order valence-electron chi connectivity index (χ1n) is 6.75. The second-order valence-electron chi connectivity index (χ2n) is 6.04. The van der Waals surface area contributed by atoms with E-state index in [4.69, 9.17) is 5.73 Å². The second kappa shape index (κ2) is 5.75. The molecule has 6 heteroatoms. The van der Waals surface area contributed by atoms with Crippen LogP contribution in [0.2, 0.25) is 0 Å². The number of benzene rings is 1. The van der Waals surface area contributed by atoms with Crippen molar-refractivity contribution in [3.05, 3.63) is 28.2 Å². The zero-order valence-electron chi connectivity index (χ0n) is 11.9. The maximum Gasteiger partial charge on any atom is 0.244 e. The van der Waals surface area contributed by atoms with E-state index in [1.165, 1.54) is 0 Å². The Morgan fingerprint density at radius 2 is 1.90 bits per heavy atom. The number of nitrogens with two attached hydrogens (primary N) is 1. The Hall–Kier alpha value is -0.430. The summed E-state index contributed by atoms with van der Waals surface area (Å²) < 4.78 is 27.5. The Labute approximate surface area is 129 Å². The minimum atomic E-state index is -3.42. The van der Waals surface area contributed by atoms with Crippen LogP contribution in [0.5, 0.6) is 0 Å². The summed E-state index contributed by atoms with van der Waals surface area (Å²) in [7, 11) is -3.42. The average Bonchev–Trinajstić information content (AvgIpc) is 2.37. The predicted octanol–water partition coefficient (Wildman–Crippen LogP) is 2.72. The third-order valence-electron chi connectivity index (χ3n) is 3.93. The van der Waals surface area contributed by atoms with Crippen molar-refractivity contribution in [1.29, 1.82) is 0 Å². The molecule has 0 amide bonds. The van der Waals surface area contributed by atoms with Crippen LogP contribution in [0.1, 0.15) is 32.3 Å². The van der Waals surface area contributed by atoms with Crippen molar-refractivity contribution in [2.75, 3.05) is 13.1 Å². The fourth-order valence-corrected chi connectivity index (χ4v) is 4.88. The van der Waals surface area contributed by atoms with Gasteiger partial charge in [-0.15, -0.1) is 0 Å². The highest BCUT2D eigenvalue weighted by Gasteiger charge is 2.33. The van der Waals surface area contributed by atoms with Crippen molar-refractivity contribution in [3.63, 3.8) is 0 Å². The fourth-order valence-electron chi connectivity index (χ4n) is 2.35. The summed E-state index contributed by atoms with van der Waals surface area (Å²) in [6.45, 7) is 5.93. The Kier molecular flexibility index (Phi) is 4.59. The normalized spacial score (nSPS) is 20.0. The molecule has 1 aliphatic rings. The van der Waals surface area contributed by atoms with Crippen LogP contribution in [0, 0.1) is 5.41 Å². The standard InChI is InChI=1S/C14H21BrN2O2S/c1-14(2)5-7-17(8-6-14)20(18,19)13-4-3-11(10-16)9-12(13)15/h3-4,9H,5-8,10,16H2,1-2H3. The van der Waals surface area contributed by atoms with Gasteiger partial charge in [0.15, 0.2) is 0 Å². The van der Waals surface area contributed by atoms with Crippen LogP contribution < -0.4 is 5.73 Å². The Balaban J connectivity index is 2.27. The van der Waals surface area contributed by atoms with Crippen LogP contribution in [0.15, 0.2) is 27.6 Å². The van der Waals surface area contributed by atoms with E-state index in [1.54, 1.807) is 22.5 Å². The van der Waals surface area contributed by atoms with Crippen molar-refractivity contribution in [3.8, 4) is 0 Å². The monoisotopic (exact) mass is 360 g/mol. The molecule has 0 atom stereocenters. The minimum Gasteiger partial charge on any atom is -0.326 e. The number of hydrogen-bond donors (Lipinski definition) is 1. The average molecular weight is 361 g/mol. The third-order valence-corrected chi connectivity index (χ3v) is 6.80. The molecule has 1 aliphatic heterocycles. The first-order chi connectivity index (χ1) is 9.26. The van der Waals surface area contributed by atoms with Crippen molar-refractivity contribution in [2.24, 2.45) is 11.1 Å². The largest absolute Gasteiger partial charge is 0.326 e. The molecule has 0 spiro atoms. The molecule has 20 heavy (non-hydrogen) atoms. The number of rotatable bonds is 3. The SMILES string of the molecule is CC1(C)CCN(S(=O)(=O)c2ccc(CN)cc2Br)CC1. The lowest BCUT2D eigenvalue weighted by Gasteiger charge is -2.36. The molecule has 4 nitrogen and oxygen atoms in total. The lowest BCUT2D eigenvalue weighted by molar-refractivity contribution is 0.196. The highest BCUT2D eigenvalue weighted by atomic mass is 79.9. The predicted molar refractivity (Wildman–Crippen MR) is 83.8 cm³/mol. The number of sulfonamides is 1. The smallest absolute Gasteiger partial charge is 0.244 e. The van der Waals surface area contributed by atoms with E-state index in [0.717, 1.165) is 18.4 Å². The maximum absolute atomic E-state index is 12.7. The van der Waals surface area contributed by atoms with E-state index in [9.17, 15) is 8.42 Å². The zero-order valence-corrected chi connectivity index (χ0v) is 14.3. The Morgan fingerprint density at radius 3 is 2.40 bits per heavy atom. The van der Waals surface area contributed by atoms with E-state index in [0.29, 0.717) is 29.0 Å². The van der Waals surface area contributed by atoms with E-state index < -0.39 is 10.0 Å². The topological polar surface area (TPSA) is 63.4 Å². The number of hydrogen-bond acceptors (Lipinski definition) is 3. The molecule has 1 fully saturated rings. The highest BCUT2D eigenvalue weighted by molar-refractivity contribution is 9.10. The van der Waals surface area contributed by atoms with Crippen LogP contribution in [-0.2, 0) is 16.6 Å². The van der Waals surface area contributed by atoms with Gasteiger partial charge in [0, 0.05) is 24.1 Å². The molecule has 1 heterocycles. The van der Waals surface area contributed by atoms with Gasteiger partial charge < -0.3 is 5.73 Å². The first kappa shape index (κ1) is 15.9.